The molecule has 9 rings (SSSR count). The van der Waals surface area contributed by atoms with Crippen LogP contribution in [0.4, 0.5) is 0 Å². The monoisotopic (exact) mass is 566 g/mol. The summed E-state index contributed by atoms with van der Waals surface area (Å²) in [6.45, 7) is 0. The Morgan fingerprint density at radius 2 is 0.953 bits per heavy atom. The average molecular weight is 567 g/mol. The Labute approximate surface area is 277 Å². The van der Waals surface area contributed by atoms with Crippen LogP contribution in [0.5, 0.6) is 0 Å². The summed E-state index contributed by atoms with van der Waals surface area (Å²) in [5, 5.41) is -0.625. The summed E-state index contributed by atoms with van der Waals surface area (Å²) in [6, 6.07) is -3.68. The first-order chi connectivity index (χ1) is 29.6. The molecule has 1 heterocycles. The minimum absolute atomic E-state index is 0.00621. The third-order valence-corrected chi connectivity index (χ3v) is 7.48. The molecule has 43 heavy (non-hydrogen) atoms. The first kappa shape index (κ1) is 11.6. The van der Waals surface area contributed by atoms with E-state index in [9.17, 15) is 6.85 Å². The molecule has 0 aliphatic rings. The molecule has 8 aromatic carbocycles. The summed E-state index contributed by atoms with van der Waals surface area (Å²) in [4.78, 5) is 0. The maximum Gasteiger partial charge on any atom is 0.136 e. The Morgan fingerprint density at radius 3 is 1.72 bits per heavy atom. The van der Waals surface area contributed by atoms with Crippen molar-refractivity contribution in [2.45, 2.75) is 0 Å². The molecular weight excluding hydrogens is 520 g/mol. The van der Waals surface area contributed by atoms with Crippen LogP contribution in [0.2, 0.25) is 0 Å². The molecule has 1 heteroatoms. The van der Waals surface area contributed by atoms with Crippen molar-refractivity contribution in [3.8, 4) is 33.4 Å². The number of benzene rings is 8. The molecule has 0 saturated heterocycles. The normalized spacial score (nSPS) is 18.2. The minimum atomic E-state index is -0.672. The summed E-state index contributed by atoms with van der Waals surface area (Å²) in [7, 11) is 0. The highest BCUT2D eigenvalue weighted by Crippen LogP contribution is 2.47. The van der Waals surface area contributed by atoms with Crippen molar-refractivity contribution in [2.75, 3.05) is 0 Å². The molecule has 0 amide bonds. The van der Waals surface area contributed by atoms with E-state index in [2.05, 4.69) is 0 Å². The fraction of sp³-hybridized carbons (Fsp3) is 0. The molecule has 9 aromatic rings. The SMILES string of the molecule is [2H]c1cc2c(-c3c([2H])c([2H])c(-c4cc([2H])c([2H])c5c([2H])c([2H])c([2H])cc45)c([2H])c3[2H])c3cc([2H])c([2H])cc3c(-c3c([2H])c([2H])c([2H])c4oc5c([2H])c([2H])c([2H])c([2H])c5c34)c2cc1[2H]. The van der Waals surface area contributed by atoms with Gasteiger partial charge in [-0.2, -0.15) is 0 Å². The van der Waals surface area contributed by atoms with Crippen molar-refractivity contribution < 1.29 is 31.8 Å². The first-order valence-corrected chi connectivity index (χ1v) is 13.1. The van der Waals surface area contributed by atoms with Crippen LogP contribution in [0.25, 0.3) is 87.6 Å². The molecular formula is C42H26O. The number of fused-ring (bicyclic) bond motifs is 6. The highest BCUT2D eigenvalue weighted by molar-refractivity contribution is 6.25. The maximum absolute atomic E-state index is 9.48. The van der Waals surface area contributed by atoms with Gasteiger partial charge >= 0.3 is 0 Å². The van der Waals surface area contributed by atoms with Gasteiger partial charge in [0, 0.05) is 10.8 Å². The van der Waals surface area contributed by atoms with E-state index in [4.69, 9.17) is 25.0 Å². The lowest BCUT2D eigenvalue weighted by atomic mass is 9.84. The zero-order chi connectivity index (χ0) is 45.7. The second kappa shape index (κ2) is 9.44. The van der Waals surface area contributed by atoms with Crippen LogP contribution in [0.1, 0.15) is 27.4 Å². The zero-order valence-corrected chi connectivity index (χ0v) is 21.9. The molecule has 0 radical (unpaired) electrons. The van der Waals surface area contributed by atoms with Gasteiger partial charge in [0.1, 0.15) is 11.2 Å². The van der Waals surface area contributed by atoms with E-state index in [0.717, 1.165) is 12.1 Å². The number of hydrogen-bond acceptors (Lipinski definition) is 1. The molecule has 0 atom stereocenters. The van der Waals surface area contributed by atoms with E-state index in [1.54, 1.807) is 0 Å². The van der Waals surface area contributed by atoms with Gasteiger partial charge in [-0.3, -0.25) is 0 Å². The second-order valence-corrected chi connectivity index (χ2v) is 9.72. The highest BCUT2D eigenvalue weighted by atomic mass is 16.3. The van der Waals surface area contributed by atoms with Crippen LogP contribution in [-0.2, 0) is 0 Å². The third kappa shape index (κ3) is 3.65. The van der Waals surface area contributed by atoms with Gasteiger partial charge in [0.05, 0.1) is 27.4 Å². The second-order valence-electron chi connectivity index (χ2n) is 9.72. The van der Waals surface area contributed by atoms with Gasteiger partial charge in [-0.1, -0.05) is 145 Å². The standard InChI is InChI=1S/C42H26O/c1-2-13-30-27(11-1)12-9-19-31(30)28-23-25-29(26-24-28)40-32-14-3-5-16-34(32)41(35-17-6-4-15-33(35)40)37-20-10-22-39-42(37)36-18-7-8-21-38(36)43-39/h1-26H/i1D,2D,3D,4D,5D,6D,7D,8D,9D,10D,11D,12D,18D,20D,21D,22D,23D,24D,25D,26D. The number of rotatable bonds is 3. The molecule has 0 saturated carbocycles. The molecule has 0 bridgehead atoms. The summed E-state index contributed by atoms with van der Waals surface area (Å²) in [6.07, 6.45) is 0. The van der Waals surface area contributed by atoms with Crippen LogP contribution < -0.4 is 0 Å². The molecule has 0 spiro atoms. The van der Waals surface area contributed by atoms with Crippen LogP contribution in [0.15, 0.2) is 162 Å². The van der Waals surface area contributed by atoms with E-state index in [1.165, 1.54) is 24.3 Å². The van der Waals surface area contributed by atoms with Gasteiger partial charge in [0.2, 0.25) is 0 Å². The summed E-state index contributed by atoms with van der Waals surface area (Å²) >= 11 is 0. The van der Waals surface area contributed by atoms with E-state index < -0.39 is 96.7 Å². The van der Waals surface area contributed by atoms with Crippen LogP contribution in [0.3, 0.4) is 0 Å². The Hall–Kier alpha value is -5.66. The highest BCUT2D eigenvalue weighted by Gasteiger charge is 2.20. The van der Waals surface area contributed by atoms with Crippen LogP contribution in [0, 0.1) is 0 Å². The van der Waals surface area contributed by atoms with Gasteiger partial charge in [-0.25, -0.2) is 0 Å². The Morgan fingerprint density at radius 1 is 0.372 bits per heavy atom. The lowest BCUT2D eigenvalue weighted by Gasteiger charge is -2.18. The maximum atomic E-state index is 9.48. The number of hydrogen-bond donors (Lipinski definition) is 0. The first-order valence-electron chi connectivity index (χ1n) is 23.1. The molecule has 0 fully saturated rings. The molecule has 0 unspecified atom stereocenters. The van der Waals surface area contributed by atoms with Gasteiger partial charge in [0.25, 0.3) is 0 Å². The predicted octanol–water partition coefficient (Wildman–Crippen LogP) is 12.0. The van der Waals surface area contributed by atoms with E-state index in [-0.39, 0.29) is 112 Å². The molecule has 0 N–H and O–H groups in total. The summed E-state index contributed by atoms with van der Waals surface area (Å²) < 4.78 is 182. The van der Waals surface area contributed by atoms with Crippen molar-refractivity contribution in [1.82, 2.24) is 0 Å². The van der Waals surface area contributed by atoms with Gasteiger partial charge in [-0.05, 0) is 77.8 Å². The van der Waals surface area contributed by atoms with Crippen molar-refractivity contribution in [2.24, 2.45) is 0 Å². The van der Waals surface area contributed by atoms with Crippen molar-refractivity contribution in [1.29, 1.82) is 0 Å². The van der Waals surface area contributed by atoms with Crippen LogP contribution >= 0.6 is 0 Å². The lowest BCUT2D eigenvalue weighted by molar-refractivity contribution is 0.669. The van der Waals surface area contributed by atoms with Gasteiger partial charge in [-0.15, -0.1) is 0 Å². The fourth-order valence-electron chi connectivity index (χ4n) is 5.66. The Balaban J connectivity index is 1.49. The van der Waals surface area contributed by atoms with Crippen molar-refractivity contribution in [3.63, 3.8) is 0 Å². The van der Waals surface area contributed by atoms with Gasteiger partial charge < -0.3 is 4.42 Å². The van der Waals surface area contributed by atoms with E-state index in [1.807, 2.05) is 0 Å². The Bertz CT molecular complexity index is 3530. The Kier molecular flexibility index (Phi) is 2.54. The fourth-order valence-corrected chi connectivity index (χ4v) is 5.66. The molecule has 0 aliphatic heterocycles. The van der Waals surface area contributed by atoms with E-state index >= 15 is 0 Å². The van der Waals surface area contributed by atoms with E-state index in [0.29, 0.717) is 0 Å². The zero-order valence-electron chi connectivity index (χ0n) is 41.9. The smallest absolute Gasteiger partial charge is 0.136 e. The molecule has 1 nitrogen and oxygen atoms in total. The third-order valence-electron chi connectivity index (χ3n) is 7.48. The molecule has 0 aliphatic carbocycles. The summed E-state index contributed by atoms with van der Waals surface area (Å²) in [5.74, 6) is 0. The van der Waals surface area contributed by atoms with Crippen molar-refractivity contribution in [3.05, 3.63) is 157 Å². The summed E-state index contributed by atoms with van der Waals surface area (Å²) in [5.41, 5.74) is -1.90. The van der Waals surface area contributed by atoms with Gasteiger partial charge in [0.15, 0.2) is 0 Å². The quantitative estimate of drug-likeness (QED) is 0.194. The molecule has 200 valence electrons. The molecule has 1 aromatic heterocycles. The van der Waals surface area contributed by atoms with Crippen LogP contribution in [-0.4, -0.2) is 0 Å². The lowest BCUT2D eigenvalue weighted by Crippen LogP contribution is -1.91. The number of furan rings is 1. The average Bonchev–Trinajstić information content (AvgIpc) is 3.64. The topological polar surface area (TPSA) is 13.1 Å². The van der Waals surface area contributed by atoms with Crippen molar-refractivity contribution >= 4 is 54.3 Å². The number of para-hydroxylation sites is 1. The largest absolute Gasteiger partial charge is 0.456 e. The predicted molar refractivity (Wildman–Crippen MR) is 183 cm³/mol. The minimum Gasteiger partial charge on any atom is -0.456 e.